The van der Waals surface area contributed by atoms with Crippen molar-refractivity contribution in [3.8, 4) is 11.5 Å². The molecule has 94 valence electrons. The third-order valence-corrected chi connectivity index (χ3v) is 3.15. The molecule has 0 fully saturated rings. The average molecular weight is 235 g/mol. The molecule has 0 amide bonds. The van der Waals surface area contributed by atoms with Crippen molar-refractivity contribution in [1.29, 1.82) is 0 Å². The number of fused-ring (bicyclic) bond motifs is 1. The van der Waals surface area contributed by atoms with E-state index in [2.05, 4.69) is 31.3 Å². The normalized spacial score (nSPS) is 14.9. The van der Waals surface area contributed by atoms with Crippen molar-refractivity contribution in [3.63, 3.8) is 0 Å². The predicted octanol–water partition coefficient (Wildman–Crippen LogP) is 2.91. The van der Waals surface area contributed by atoms with Crippen molar-refractivity contribution >= 4 is 0 Å². The molecule has 17 heavy (non-hydrogen) atoms. The lowest BCUT2D eigenvalue weighted by atomic mass is 9.94. The van der Waals surface area contributed by atoms with E-state index in [9.17, 15) is 0 Å². The molecule has 1 aliphatic heterocycles. The molecule has 1 N–H and O–H groups in total. The van der Waals surface area contributed by atoms with Crippen molar-refractivity contribution in [3.05, 3.63) is 23.8 Å². The van der Waals surface area contributed by atoms with Crippen molar-refractivity contribution < 1.29 is 9.47 Å². The lowest BCUT2D eigenvalue weighted by Crippen LogP contribution is -2.21. The van der Waals surface area contributed by atoms with Crippen LogP contribution in [0.2, 0.25) is 0 Å². The van der Waals surface area contributed by atoms with Gasteiger partial charge in [0.25, 0.3) is 0 Å². The molecule has 3 nitrogen and oxygen atoms in total. The maximum Gasteiger partial charge on any atom is 0.231 e. The predicted molar refractivity (Wildman–Crippen MR) is 68.8 cm³/mol. The molecule has 0 radical (unpaired) electrons. The Morgan fingerprint density at radius 3 is 2.82 bits per heavy atom. The van der Waals surface area contributed by atoms with E-state index in [1.807, 2.05) is 6.07 Å². The van der Waals surface area contributed by atoms with Crippen molar-refractivity contribution in [1.82, 2.24) is 5.32 Å². The first-order valence-corrected chi connectivity index (χ1v) is 6.45. The van der Waals surface area contributed by atoms with Crippen LogP contribution in [-0.2, 0) is 0 Å². The first-order chi connectivity index (χ1) is 8.35. The topological polar surface area (TPSA) is 30.5 Å². The molecular formula is C14H21NO2. The van der Waals surface area contributed by atoms with Gasteiger partial charge in [-0.05, 0) is 36.6 Å². The Morgan fingerprint density at radius 1 is 1.24 bits per heavy atom. The van der Waals surface area contributed by atoms with E-state index in [0.717, 1.165) is 24.6 Å². The Hall–Kier alpha value is -1.22. The molecular weight excluding hydrogens is 214 g/mol. The number of likely N-dealkylation sites (N-methyl/N-ethyl adjacent to an activating group) is 1. The van der Waals surface area contributed by atoms with Crippen LogP contribution in [0.4, 0.5) is 0 Å². The van der Waals surface area contributed by atoms with Crippen LogP contribution in [0.15, 0.2) is 18.2 Å². The van der Waals surface area contributed by atoms with E-state index >= 15 is 0 Å². The second-order valence-corrected chi connectivity index (χ2v) is 4.41. The second kappa shape index (κ2) is 5.92. The molecule has 1 heterocycles. The van der Waals surface area contributed by atoms with Gasteiger partial charge in [-0.1, -0.05) is 26.3 Å². The second-order valence-electron chi connectivity index (χ2n) is 4.41. The minimum atomic E-state index is 0.352. The molecule has 0 spiro atoms. The summed E-state index contributed by atoms with van der Waals surface area (Å²) in [5.41, 5.74) is 1.34. The Morgan fingerprint density at radius 2 is 2.06 bits per heavy atom. The molecule has 0 saturated heterocycles. The minimum absolute atomic E-state index is 0.352. The Balaban J connectivity index is 2.11. The smallest absolute Gasteiger partial charge is 0.231 e. The van der Waals surface area contributed by atoms with Gasteiger partial charge in [0.15, 0.2) is 11.5 Å². The van der Waals surface area contributed by atoms with Gasteiger partial charge in [-0.2, -0.15) is 0 Å². The van der Waals surface area contributed by atoms with Crippen LogP contribution in [-0.4, -0.2) is 19.9 Å². The highest BCUT2D eigenvalue weighted by molar-refractivity contribution is 5.45. The summed E-state index contributed by atoms with van der Waals surface area (Å²) < 4.78 is 10.8. The van der Waals surface area contributed by atoms with Gasteiger partial charge in [0.05, 0.1) is 0 Å². The molecule has 0 aliphatic carbocycles. The largest absolute Gasteiger partial charge is 0.454 e. The summed E-state index contributed by atoms with van der Waals surface area (Å²) in [5.74, 6) is 2.32. The Bertz CT molecular complexity index is 365. The summed E-state index contributed by atoms with van der Waals surface area (Å²) in [4.78, 5) is 0. The summed E-state index contributed by atoms with van der Waals surface area (Å²) >= 11 is 0. The Kier molecular flexibility index (Phi) is 4.26. The molecule has 2 rings (SSSR count). The Labute approximate surface area is 103 Å². The molecule has 0 aromatic heterocycles. The molecule has 0 bridgehead atoms. The number of ether oxygens (including phenoxy) is 2. The summed E-state index contributed by atoms with van der Waals surface area (Å²) in [6.45, 7) is 6.77. The van der Waals surface area contributed by atoms with Crippen LogP contribution in [0.1, 0.15) is 38.2 Å². The van der Waals surface area contributed by atoms with Crippen LogP contribution in [0.25, 0.3) is 0 Å². The summed E-state index contributed by atoms with van der Waals surface area (Å²) in [6.07, 6.45) is 2.40. The number of nitrogens with one attached hydrogen (secondary N) is 1. The van der Waals surface area contributed by atoms with E-state index in [0.29, 0.717) is 12.7 Å². The van der Waals surface area contributed by atoms with Gasteiger partial charge in [-0.25, -0.2) is 0 Å². The number of hydrogen-bond donors (Lipinski definition) is 1. The van der Waals surface area contributed by atoms with Crippen molar-refractivity contribution in [2.75, 3.05) is 19.9 Å². The highest BCUT2D eigenvalue weighted by atomic mass is 16.7. The quantitative estimate of drug-likeness (QED) is 0.822. The molecule has 1 atom stereocenters. The van der Waals surface area contributed by atoms with Gasteiger partial charge in [0, 0.05) is 6.54 Å². The standard InChI is InChI=1S/C14H21NO2/c1-3-5-12(9-15-4-2)11-6-7-13-14(8-11)17-10-16-13/h6-8,12,15H,3-5,9-10H2,1-2H3. The van der Waals surface area contributed by atoms with Crippen molar-refractivity contribution in [2.24, 2.45) is 0 Å². The lowest BCUT2D eigenvalue weighted by Gasteiger charge is -2.17. The maximum atomic E-state index is 5.43. The molecule has 0 saturated carbocycles. The first-order valence-electron chi connectivity index (χ1n) is 6.45. The highest BCUT2D eigenvalue weighted by Crippen LogP contribution is 2.35. The fourth-order valence-electron chi connectivity index (χ4n) is 2.22. The third kappa shape index (κ3) is 2.91. The van der Waals surface area contributed by atoms with Gasteiger partial charge in [-0.3, -0.25) is 0 Å². The van der Waals surface area contributed by atoms with E-state index in [1.54, 1.807) is 0 Å². The zero-order chi connectivity index (χ0) is 12.1. The molecule has 1 aromatic rings. The van der Waals surface area contributed by atoms with E-state index in [-0.39, 0.29) is 0 Å². The third-order valence-electron chi connectivity index (χ3n) is 3.15. The summed E-state index contributed by atoms with van der Waals surface area (Å²) in [7, 11) is 0. The lowest BCUT2D eigenvalue weighted by molar-refractivity contribution is 0.174. The highest BCUT2D eigenvalue weighted by Gasteiger charge is 2.17. The molecule has 1 unspecified atom stereocenters. The fraction of sp³-hybridized carbons (Fsp3) is 0.571. The molecule has 3 heteroatoms. The zero-order valence-electron chi connectivity index (χ0n) is 10.7. The van der Waals surface area contributed by atoms with Gasteiger partial charge in [-0.15, -0.1) is 0 Å². The zero-order valence-corrected chi connectivity index (χ0v) is 10.7. The molecule has 1 aromatic carbocycles. The van der Waals surface area contributed by atoms with E-state index in [4.69, 9.17) is 9.47 Å². The van der Waals surface area contributed by atoms with Crippen LogP contribution in [0, 0.1) is 0 Å². The van der Waals surface area contributed by atoms with E-state index < -0.39 is 0 Å². The average Bonchev–Trinajstić information content (AvgIpc) is 2.81. The van der Waals surface area contributed by atoms with Gasteiger partial charge < -0.3 is 14.8 Å². The van der Waals surface area contributed by atoms with Gasteiger partial charge in [0.1, 0.15) is 0 Å². The van der Waals surface area contributed by atoms with Gasteiger partial charge >= 0.3 is 0 Å². The number of hydrogen-bond acceptors (Lipinski definition) is 3. The molecule has 1 aliphatic rings. The van der Waals surface area contributed by atoms with Crippen LogP contribution in [0.3, 0.4) is 0 Å². The fourth-order valence-corrected chi connectivity index (χ4v) is 2.22. The number of rotatable bonds is 6. The van der Waals surface area contributed by atoms with Crippen LogP contribution in [0.5, 0.6) is 11.5 Å². The summed E-state index contributed by atoms with van der Waals surface area (Å²) in [5, 5.41) is 3.43. The monoisotopic (exact) mass is 235 g/mol. The van der Waals surface area contributed by atoms with Gasteiger partial charge in [0.2, 0.25) is 6.79 Å². The van der Waals surface area contributed by atoms with Crippen LogP contribution >= 0.6 is 0 Å². The van der Waals surface area contributed by atoms with Crippen LogP contribution < -0.4 is 14.8 Å². The first kappa shape index (κ1) is 12.2. The maximum absolute atomic E-state index is 5.43. The number of benzene rings is 1. The minimum Gasteiger partial charge on any atom is -0.454 e. The van der Waals surface area contributed by atoms with Crippen molar-refractivity contribution in [2.45, 2.75) is 32.6 Å². The van der Waals surface area contributed by atoms with E-state index in [1.165, 1.54) is 18.4 Å². The summed E-state index contributed by atoms with van der Waals surface area (Å²) in [6, 6.07) is 6.30. The SMILES string of the molecule is CCCC(CNCC)c1ccc2c(c1)OCO2.